The molecule has 0 spiro atoms. The van der Waals surface area contributed by atoms with Gasteiger partial charge in [-0.15, -0.1) is 0 Å². The van der Waals surface area contributed by atoms with E-state index in [1.807, 2.05) is 30.3 Å². The van der Waals surface area contributed by atoms with Crippen LogP contribution >= 0.6 is 0 Å². The predicted octanol–water partition coefficient (Wildman–Crippen LogP) is 3.23. The van der Waals surface area contributed by atoms with Crippen LogP contribution in [0.2, 0.25) is 0 Å². The Morgan fingerprint density at radius 2 is 2.12 bits per heavy atom. The van der Waals surface area contributed by atoms with Gasteiger partial charge in [0.1, 0.15) is 0 Å². The van der Waals surface area contributed by atoms with E-state index >= 15 is 0 Å². The van der Waals surface area contributed by atoms with Gasteiger partial charge in [0.15, 0.2) is 5.78 Å². The first-order valence-corrected chi connectivity index (χ1v) is 5.90. The van der Waals surface area contributed by atoms with Crippen LogP contribution in [0.25, 0.3) is 17.0 Å². The van der Waals surface area contributed by atoms with E-state index < -0.39 is 0 Å². The molecular formula is C15H13NO. The van der Waals surface area contributed by atoms with Gasteiger partial charge in [0.2, 0.25) is 0 Å². The Bertz CT molecular complexity index is 597. The monoisotopic (exact) mass is 223 g/mol. The molecule has 2 aromatic rings. The molecule has 0 saturated heterocycles. The van der Waals surface area contributed by atoms with Crippen molar-refractivity contribution in [2.75, 3.05) is 0 Å². The molecule has 1 saturated carbocycles. The first kappa shape index (κ1) is 10.2. The number of aromatic nitrogens is 1. The minimum atomic E-state index is 0.248. The summed E-state index contributed by atoms with van der Waals surface area (Å²) in [6.45, 7) is 0. The van der Waals surface area contributed by atoms with Crippen LogP contribution < -0.4 is 0 Å². The number of allylic oxidation sites excluding steroid dienone is 1. The van der Waals surface area contributed by atoms with Crippen LogP contribution in [0.3, 0.4) is 0 Å². The fourth-order valence-corrected chi connectivity index (χ4v) is 1.86. The smallest absolute Gasteiger partial charge is 0.158 e. The molecule has 84 valence electrons. The van der Waals surface area contributed by atoms with Gasteiger partial charge in [-0.2, -0.15) is 0 Å². The van der Waals surface area contributed by atoms with Crippen molar-refractivity contribution < 1.29 is 4.79 Å². The number of hydrogen-bond acceptors (Lipinski definition) is 2. The standard InChI is InChI=1S/C15H13NO/c17-15(12-6-7-12)8-5-11-9-13-3-1-2-4-14(13)16-10-11/h1-5,8-10,12H,6-7H2. The summed E-state index contributed by atoms with van der Waals surface area (Å²) < 4.78 is 0. The zero-order valence-corrected chi connectivity index (χ0v) is 9.47. The Morgan fingerprint density at radius 3 is 2.94 bits per heavy atom. The van der Waals surface area contributed by atoms with E-state index in [-0.39, 0.29) is 5.78 Å². The lowest BCUT2D eigenvalue weighted by molar-refractivity contribution is -0.115. The molecule has 1 aliphatic rings. The number of carbonyl (C=O) groups excluding carboxylic acids is 1. The number of hydrogen-bond donors (Lipinski definition) is 0. The molecule has 1 fully saturated rings. The van der Waals surface area contributed by atoms with Crippen molar-refractivity contribution in [3.05, 3.63) is 48.2 Å². The molecule has 1 aromatic heterocycles. The molecule has 1 aromatic carbocycles. The van der Waals surface area contributed by atoms with Crippen LogP contribution in [-0.2, 0) is 4.79 Å². The fraction of sp³-hybridized carbons (Fsp3) is 0.200. The maximum atomic E-state index is 11.5. The molecular weight excluding hydrogens is 210 g/mol. The molecule has 0 atom stereocenters. The van der Waals surface area contributed by atoms with E-state index in [9.17, 15) is 4.79 Å². The van der Waals surface area contributed by atoms with Crippen LogP contribution in [0.1, 0.15) is 18.4 Å². The van der Waals surface area contributed by atoms with Crippen LogP contribution in [0.15, 0.2) is 42.6 Å². The zero-order valence-electron chi connectivity index (χ0n) is 9.47. The first-order valence-electron chi connectivity index (χ1n) is 5.90. The van der Waals surface area contributed by atoms with Gasteiger partial charge in [-0.25, -0.2) is 0 Å². The highest BCUT2D eigenvalue weighted by molar-refractivity contribution is 5.97. The van der Waals surface area contributed by atoms with Crippen LogP contribution in [0.5, 0.6) is 0 Å². The third-order valence-electron chi connectivity index (χ3n) is 3.03. The Morgan fingerprint density at radius 1 is 1.29 bits per heavy atom. The summed E-state index contributed by atoms with van der Waals surface area (Å²) in [6, 6.07) is 10.0. The van der Waals surface area contributed by atoms with E-state index in [2.05, 4.69) is 11.1 Å². The van der Waals surface area contributed by atoms with E-state index in [0.29, 0.717) is 5.92 Å². The molecule has 17 heavy (non-hydrogen) atoms. The summed E-state index contributed by atoms with van der Waals surface area (Å²) >= 11 is 0. The van der Waals surface area contributed by atoms with Gasteiger partial charge in [0, 0.05) is 17.5 Å². The van der Waals surface area contributed by atoms with Crippen LogP contribution in [0.4, 0.5) is 0 Å². The van der Waals surface area contributed by atoms with Crippen molar-refractivity contribution in [3.8, 4) is 0 Å². The minimum Gasteiger partial charge on any atom is -0.295 e. The number of benzene rings is 1. The number of rotatable bonds is 3. The van der Waals surface area contributed by atoms with E-state index in [4.69, 9.17) is 0 Å². The lowest BCUT2D eigenvalue weighted by Gasteiger charge is -1.98. The topological polar surface area (TPSA) is 30.0 Å². The van der Waals surface area contributed by atoms with Crippen molar-refractivity contribution in [2.45, 2.75) is 12.8 Å². The summed E-state index contributed by atoms with van der Waals surface area (Å²) in [6.07, 6.45) is 7.46. The Kier molecular flexibility index (Phi) is 2.48. The van der Waals surface area contributed by atoms with Crippen LogP contribution in [-0.4, -0.2) is 10.8 Å². The highest BCUT2D eigenvalue weighted by Gasteiger charge is 2.27. The van der Waals surface area contributed by atoms with Gasteiger partial charge in [-0.1, -0.05) is 18.2 Å². The quantitative estimate of drug-likeness (QED) is 0.748. The second-order valence-corrected chi connectivity index (χ2v) is 4.47. The van der Waals surface area contributed by atoms with E-state index in [1.54, 1.807) is 12.3 Å². The fourth-order valence-electron chi connectivity index (χ4n) is 1.86. The molecule has 1 aliphatic carbocycles. The third-order valence-corrected chi connectivity index (χ3v) is 3.03. The van der Waals surface area contributed by atoms with E-state index in [0.717, 1.165) is 29.3 Å². The molecule has 0 bridgehead atoms. The molecule has 2 heteroatoms. The Hall–Kier alpha value is -1.96. The van der Waals surface area contributed by atoms with Gasteiger partial charge >= 0.3 is 0 Å². The summed E-state index contributed by atoms with van der Waals surface area (Å²) in [5.41, 5.74) is 1.97. The average Bonchev–Trinajstić information content (AvgIpc) is 3.20. The van der Waals surface area contributed by atoms with Gasteiger partial charge in [0.25, 0.3) is 0 Å². The lowest BCUT2D eigenvalue weighted by Crippen LogP contribution is -1.93. The summed E-state index contributed by atoms with van der Waals surface area (Å²) in [7, 11) is 0. The largest absolute Gasteiger partial charge is 0.295 e. The molecule has 3 rings (SSSR count). The summed E-state index contributed by atoms with van der Waals surface area (Å²) in [5.74, 6) is 0.540. The Labute approximate surface area is 100.0 Å². The van der Waals surface area contributed by atoms with Crippen molar-refractivity contribution in [2.24, 2.45) is 5.92 Å². The molecule has 1 heterocycles. The maximum Gasteiger partial charge on any atom is 0.158 e. The molecule has 0 amide bonds. The number of pyridine rings is 1. The number of fused-ring (bicyclic) bond motifs is 1. The second-order valence-electron chi connectivity index (χ2n) is 4.47. The second kappa shape index (κ2) is 4.13. The summed E-state index contributed by atoms with van der Waals surface area (Å²) in [5, 5.41) is 1.11. The SMILES string of the molecule is O=C(C=Cc1cnc2ccccc2c1)C1CC1. The number of nitrogens with zero attached hydrogens (tertiary/aromatic N) is 1. The van der Waals surface area contributed by atoms with Crippen molar-refractivity contribution >= 4 is 22.8 Å². The number of para-hydroxylation sites is 1. The average molecular weight is 223 g/mol. The molecule has 2 nitrogen and oxygen atoms in total. The number of carbonyl (C=O) groups is 1. The summed E-state index contributed by atoms with van der Waals surface area (Å²) in [4.78, 5) is 15.9. The van der Waals surface area contributed by atoms with Crippen molar-refractivity contribution in [3.63, 3.8) is 0 Å². The number of ketones is 1. The van der Waals surface area contributed by atoms with E-state index in [1.165, 1.54) is 0 Å². The minimum absolute atomic E-state index is 0.248. The van der Waals surface area contributed by atoms with Crippen LogP contribution in [0, 0.1) is 5.92 Å². The third kappa shape index (κ3) is 2.26. The van der Waals surface area contributed by atoms with Gasteiger partial charge in [-0.05, 0) is 42.7 Å². The molecule has 0 N–H and O–H groups in total. The highest BCUT2D eigenvalue weighted by Crippen LogP contribution is 2.30. The molecule has 0 aliphatic heterocycles. The van der Waals surface area contributed by atoms with Gasteiger partial charge < -0.3 is 0 Å². The van der Waals surface area contributed by atoms with Crippen molar-refractivity contribution in [1.82, 2.24) is 4.98 Å². The lowest BCUT2D eigenvalue weighted by atomic mass is 10.1. The molecule has 0 radical (unpaired) electrons. The van der Waals surface area contributed by atoms with Gasteiger partial charge in [-0.3, -0.25) is 9.78 Å². The predicted molar refractivity (Wildman–Crippen MR) is 68.5 cm³/mol. The highest BCUT2D eigenvalue weighted by atomic mass is 16.1. The Balaban J connectivity index is 1.87. The maximum absolute atomic E-state index is 11.5. The zero-order chi connectivity index (χ0) is 11.7. The van der Waals surface area contributed by atoms with Gasteiger partial charge in [0.05, 0.1) is 5.52 Å². The molecule has 0 unspecified atom stereocenters. The normalized spacial score (nSPS) is 15.5. The first-order chi connectivity index (χ1) is 8.33. The van der Waals surface area contributed by atoms with Crippen molar-refractivity contribution in [1.29, 1.82) is 0 Å².